The van der Waals surface area contributed by atoms with Crippen LogP contribution in [0.3, 0.4) is 0 Å². The first-order valence-corrected chi connectivity index (χ1v) is 10.3. The Bertz CT molecular complexity index is 1380. The number of pyridine rings is 3. The van der Waals surface area contributed by atoms with Crippen LogP contribution in [0.4, 0.5) is 8.78 Å². The van der Waals surface area contributed by atoms with Crippen molar-refractivity contribution in [2.75, 3.05) is 0 Å². The molecule has 0 spiro atoms. The van der Waals surface area contributed by atoms with Gasteiger partial charge in [-0.2, -0.15) is 0 Å². The molecule has 2 amide bonds. The molecule has 4 rings (SSSR count). The molecule has 0 N–H and O–H groups in total. The van der Waals surface area contributed by atoms with Crippen LogP contribution < -0.4 is 0 Å². The largest absolute Gasteiger partial charge is 2.00 e. The van der Waals surface area contributed by atoms with Crippen LogP contribution in [-0.2, 0) is 26.5 Å². The average molecular weight is 652 g/mol. The van der Waals surface area contributed by atoms with Crippen LogP contribution in [0.25, 0.3) is 16.6 Å². The standard InChI is InChI=1S/C26H19F2N4O2.Pt/c1-26(2,20-12-6-10-18(29-20)17-14-15-22(27)31-23(17)28)21-13-7-11-19(30-21)25(34)32-24(33)16-8-4-3-5-9-16;/h3-13,15H,1-2H3,(H,32,33,34);/q-1;+2/p-1. The van der Waals surface area contributed by atoms with Gasteiger partial charge < -0.3 is 19.9 Å². The molecule has 4 aromatic rings. The summed E-state index contributed by atoms with van der Waals surface area (Å²) in [4.78, 5) is 37.0. The van der Waals surface area contributed by atoms with E-state index in [2.05, 4.69) is 26.3 Å². The monoisotopic (exact) mass is 651 g/mol. The van der Waals surface area contributed by atoms with E-state index in [1.165, 1.54) is 6.07 Å². The predicted octanol–water partition coefficient (Wildman–Crippen LogP) is 5.29. The van der Waals surface area contributed by atoms with Gasteiger partial charge in [0.25, 0.3) is 0 Å². The van der Waals surface area contributed by atoms with E-state index >= 15 is 0 Å². The van der Waals surface area contributed by atoms with Crippen LogP contribution in [0.15, 0.2) is 72.8 Å². The van der Waals surface area contributed by atoms with Crippen molar-refractivity contribution in [1.29, 1.82) is 0 Å². The minimum absolute atomic E-state index is 0. The molecule has 0 fully saturated rings. The molecule has 1 aromatic carbocycles. The molecule has 6 nitrogen and oxygen atoms in total. The minimum atomic E-state index is -1.02. The quantitative estimate of drug-likeness (QED) is 0.166. The second-order valence-electron chi connectivity index (χ2n) is 7.92. The summed E-state index contributed by atoms with van der Waals surface area (Å²) in [5, 5.41) is 3.64. The van der Waals surface area contributed by atoms with E-state index < -0.39 is 29.1 Å². The number of hydrogen-bond acceptors (Lipinski definition) is 5. The third kappa shape index (κ3) is 5.72. The smallest absolute Gasteiger partial charge is 0.586 e. The minimum Gasteiger partial charge on any atom is -0.586 e. The summed E-state index contributed by atoms with van der Waals surface area (Å²) in [7, 11) is 0. The molecule has 0 aliphatic heterocycles. The number of imide groups is 1. The Morgan fingerprint density at radius 1 is 0.829 bits per heavy atom. The van der Waals surface area contributed by atoms with Gasteiger partial charge in [-0.15, -0.1) is 6.07 Å². The van der Waals surface area contributed by atoms with Crippen molar-refractivity contribution in [3.05, 3.63) is 119 Å². The van der Waals surface area contributed by atoms with Crippen LogP contribution in [0.2, 0.25) is 0 Å². The van der Waals surface area contributed by atoms with Crippen molar-refractivity contribution in [3.63, 3.8) is 0 Å². The third-order valence-corrected chi connectivity index (χ3v) is 5.22. The molecular formula is C26H18F2N4O2Pt. The first-order valence-electron chi connectivity index (χ1n) is 10.3. The number of aromatic nitrogens is 3. The summed E-state index contributed by atoms with van der Waals surface area (Å²) in [5.41, 5.74) is 0.685. The van der Waals surface area contributed by atoms with Gasteiger partial charge >= 0.3 is 21.1 Å². The van der Waals surface area contributed by atoms with E-state index in [1.54, 1.807) is 60.7 Å². The van der Waals surface area contributed by atoms with Crippen LogP contribution >= 0.6 is 0 Å². The maximum absolute atomic E-state index is 14.1. The van der Waals surface area contributed by atoms with Crippen LogP contribution in [0, 0.1) is 18.0 Å². The molecule has 35 heavy (non-hydrogen) atoms. The summed E-state index contributed by atoms with van der Waals surface area (Å²) in [6.07, 6.45) is 0. The van der Waals surface area contributed by atoms with Gasteiger partial charge in [0.05, 0.1) is 17.3 Å². The summed E-state index contributed by atoms with van der Waals surface area (Å²) in [5.74, 6) is -3.41. The Kier molecular flexibility index (Phi) is 7.97. The van der Waals surface area contributed by atoms with E-state index in [9.17, 15) is 18.4 Å². The summed E-state index contributed by atoms with van der Waals surface area (Å²) in [6.45, 7) is 3.68. The fourth-order valence-electron chi connectivity index (χ4n) is 3.30. The first-order chi connectivity index (χ1) is 16.3. The van der Waals surface area contributed by atoms with Gasteiger partial charge in [-0.05, 0) is 43.3 Å². The Labute approximate surface area is 215 Å². The third-order valence-electron chi connectivity index (χ3n) is 5.22. The van der Waals surface area contributed by atoms with Gasteiger partial charge in [-0.25, -0.2) is 8.78 Å². The number of hydrogen-bond donors (Lipinski definition) is 0. The molecule has 0 aliphatic carbocycles. The summed E-state index contributed by atoms with van der Waals surface area (Å²) < 4.78 is 27.3. The Balaban J connectivity index is 0.00000342. The molecule has 0 bridgehead atoms. The van der Waals surface area contributed by atoms with E-state index in [0.717, 1.165) is 6.07 Å². The zero-order chi connectivity index (χ0) is 24.3. The van der Waals surface area contributed by atoms with Gasteiger partial charge in [0, 0.05) is 11.1 Å². The molecule has 0 unspecified atom stereocenters. The van der Waals surface area contributed by atoms with Crippen molar-refractivity contribution in [3.8, 4) is 11.3 Å². The zero-order valence-electron chi connectivity index (χ0n) is 18.6. The topological polar surface area (TPSA) is 86.9 Å². The molecular weight excluding hydrogens is 633 g/mol. The van der Waals surface area contributed by atoms with Crippen molar-refractivity contribution in [2.45, 2.75) is 19.3 Å². The van der Waals surface area contributed by atoms with E-state index in [0.29, 0.717) is 17.0 Å². The number of carbonyl (C=O) groups is 2. The van der Waals surface area contributed by atoms with E-state index in [1.807, 2.05) is 13.8 Å². The number of carbonyl (C=O) groups excluding carboxylic acids is 2. The molecule has 0 saturated carbocycles. The summed E-state index contributed by atoms with van der Waals surface area (Å²) >= 11 is 0. The predicted molar refractivity (Wildman–Crippen MR) is 121 cm³/mol. The van der Waals surface area contributed by atoms with Crippen molar-refractivity contribution >= 4 is 11.8 Å². The maximum atomic E-state index is 14.1. The number of halogens is 2. The molecule has 0 radical (unpaired) electrons. The molecule has 178 valence electrons. The van der Waals surface area contributed by atoms with E-state index in [-0.39, 0.29) is 38.0 Å². The second kappa shape index (κ2) is 10.7. The van der Waals surface area contributed by atoms with Crippen molar-refractivity contribution in [2.24, 2.45) is 0 Å². The SMILES string of the molecule is CC(C)(c1cccc(C(=O)[N-]C(=O)c2ccccc2)n1)c1cccc(-c2[c-]cc(F)nc2F)n1.[Pt+2]. The maximum Gasteiger partial charge on any atom is 2.00 e. The normalized spacial score (nSPS) is 10.9. The van der Waals surface area contributed by atoms with Crippen LogP contribution in [-0.4, -0.2) is 26.8 Å². The van der Waals surface area contributed by atoms with Crippen molar-refractivity contribution in [1.82, 2.24) is 15.0 Å². The fraction of sp³-hybridized carbons (Fsp3) is 0.115. The number of nitrogens with zero attached hydrogens (tertiary/aromatic N) is 4. The molecule has 9 heteroatoms. The Hall–Kier alpha value is -3.64. The number of rotatable bonds is 5. The first kappa shape index (κ1) is 26.0. The number of amides is 2. The summed E-state index contributed by atoms with van der Waals surface area (Å²) in [6, 6.07) is 21.5. The Morgan fingerprint density at radius 2 is 1.49 bits per heavy atom. The molecule has 0 aliphatic rings. The van der Waals surface area contributed by atoms with Crippen LogP contribution in [0.1, 0.15) is 46.1 Å². The van der Waals surface area contributed by atoms with Gasteiger partial charge in [0.15, 0.2) is 0 Å². The van der Waals surface area contributed by atoms with Crippen LogP contribution in [0.5, 0.6) is 0 Å². The fourth-order valence-corrected chi connectivity index (χ4v) is 3.30. The molecule has 0 atom stereocenters. The van der Waals surface area contributed by atoms with Gasteiger partial charge in [-0.1, -0.05) is 60.2 Å². The molecule has 0 saturated heterocycles. The average Bonchev–Trinajstić information content (AvgIpc) is 2.84. The van der Waals surface area contributed by atoms with Gasteiger partial charge in [0.1, 0.15) is 17.8 Å². The zero-order valence-corrected chi connectivity index (χ0v) is 20.9. The van der Waals surface area contributed by atoms with Gasteiger partial charge in [0.2, 0.25) is 0 Å². The number of benzene rings is 1. The van der Waals surface area contributed by atoms with E-state index in [4.69, 9.17) is 0 Å². The second-order valence-corrected chi connectivity index (χ2v) is 7.92. The molecule has 3 heterocycles. The van der Waals surface area contributed by atoms with Gasteiger partial charge in [-0.3, -0.25) is 9.97 Å². The Morgan fingerprint density at radius 3 is 2.17 bits per heavy atom. The van der Waals surface area contributed by atoms with Crippen molar-refractivity contribution < 1.29 is 39.4 Å². The molecule has 3 aromatic heterocycles.